The number of aromatic nitrogens is 2. The first kappa shape index (κ1) is 34.0. The standard InChI is InChI=1S/C54H42N4/c1-3-14-44-37(2)55(50-20-9-4-15-45(44)50)38-25-27-39(28-26-38)56(40-29-33-42(34-30-40)57-51-21-10-5-16-46(51)47-17-6-11-22-52(47)57)41-31-35-43(36-32-41)58-53-23-12-7-18-48(53)49-19-8-13-24-54(49)58/h3-36,46,51H,1-2H3/b14-3-. The van der Waals surface area contributed by atoms with Crippen LogP contribution in [0.15, 0.2) is 200 Å². The molecule has 0 N–H and O–H groups in total. The number of benzene rings is 7. The SMILES string of the molecule is C/C=C\c1c(C)n(-c2ccc(N(c3ccc(N4c5ccccc5C5C=CC=CC54)cc3)c3ccc(-n4c5ccccc5c5ccccc54)cc3)cc2)c2ccccc12. The van der Waals surface area contributed by atoms with Gasteiger partial charge in [-0.2, -0.15) is 0 Å². The monoisotopic (exact) mass is 746 g/mol. The van der Waals surface area contributed by atoms with Crippen LogP contribution in [-0.2, 0) is 0 Å². The van der Waals surface area contributed by atoms with Crippen LogP contribution in [-0.4, -0.2) is 15.2 Å². The van der Waals surface area contributed by atoms with E-state index in [2.05, 4.69) is 239 Å². The maximum atomic E-state index is 2.50. The number of fused-ring (bicyclic) bond motifs is 7. The molecular weight excluding hydrogens is 705 g/mol. The highest BCUT2D eigenvalue weighted by molar-refractivity contribution is 6.09. The quantitative estimate of drug-likeness (QED) is 0.161. The van der Waals surface area contributed by atoms with Crippen molar-refractivity contribution in [3.8, 4) is 11.4 Å². The summed E-state index contributed by atoms with van der Waals surface area (Å²) in [6.45, 7) is 4.30. The van der Waals surface area contributed by atoms with Gasteiger partial charge in [-0.05, 0) is 116 Å². The Labute approximate surface area is 339 Å². The lowest BCUT2D eigenvalue weighted by atomic mass is 9.91. The first-order valence-electron chi connectivity index (χ1n) is 20.2. The van der Waals surface area contributed by atoms with Gasteiger partial charge in [-0.3, -0.25) is 0 Å². The Morgan fingerprint density at radius 2 is 0.966 bits per heavy atom. The zero-order valence-corrected chi connectivity index (χ0v) is 32.6. The molecule has 1 aliphatic heterocycles. The molecule has 0 radical (unpaired) electrons. The zero-order valence-electron chi connectivity index (χ0n) is 32.6. The van der Waals surface area contributed by atoms with Gasteiger partial charge in [-0.1, -0.05) is 109 Å². The van der Waals surface area contributed by atoms with Gasteiger partial charge in [0, 0.05) is 73.1 Å². The molecule has 11 rings (SSSR count). The lowest BCUT2D eigenvalue weighted by Crippen LogP contribution is -2.28. The third-order valence-corrected chi connectivity index (χ3v) is 12.2. The lowest BCUT2D eigenvalue weighted by Gasteiger charge is -2.30. The fourth-order valence-electron chi connectivity index (χ4n) is 9.60. The normalized spacial score (nSPS) is 15.9. The number of nitrogens with zero attached hydrogens (tertiary/aromatic N) is 4. The number of allylic oxidation sites excluding steroid dienone is 3. The molecule has 0 fully saturated rings. The molecule has 2 unspecified atom stereocenters. The van der Waals surface area contributed by atoms with Crippen LogP contribution in [0.3, 0.4) is 0 Å². The summed E-state index contributed by atoms with van der Waals surface area (Å²) < 4.78 is 4.76. The Hall–Kier alpha value is -7.30. The fourth-order valence-corrected chi connectivity index (χ4v) is 9.60. The minimum Gasteiger partial charge on any atom is -0.333 e. The van der Waals surface area contributed by atoms with Crippen LogP contribution in [0.25, 0.3) is 50.2 Å². The molecule has 7 aromatic carbocycles. The predicted octanol–water partition coefficient (Wildman–Crippen LogP) is 14.3. The van der Waals surface area contributed by atoms with Crippen LogP contribution >= 0.6 is 0 Å². The zero-order chi connectivity index (χ0) is 38.7. The number of rotatable bonds is 7. The predicted molar refractivity (Wildman–Crippen MR) is 245 cm³/mol. The molecule has 278 valence electrons. The minimum absolute atomic E-state index is 0.256. The first-order valence-corrected chi connectivity index (χ1v) is 20.2. The van der Waals surface area contributed by atoms with Crippen LogP contribution in [0.1, 0.15) is 29.7 Å². The van der Waals surface area contributed by atoms with Crippen molar-refractivity contribution in [1.82, 2.24) is 9.13 Å². The van der Waals surface area contributed by atoms with Crippen molar-refractivity contribution in [1.29, 1.82) is 0 Å². The number of para-hydroxylation sites is 4. The minimum atomic E-state index is 0.256. The Kier molecular flexibility index (Phi) is 8.04. The van der Waals surface area contributed by atoms with E-state index in [-0.39, 0.29) is 6.04 Å². The van der Waals surface area contributed by atoms with E-state index in [9.17, 15) is 0 Å². The van der Waals surface area contributed by atoms with Crippen LogP contribution in [0.2, 0.25) is 0 Å². The summed E-state index contributed by atoms with van der Waals surface area (Å²) in [5.41, 5.74) is 15.5. The van der Waals surface area contributed by atoms with Crippen molar-refractivity contribution in [2.75, 3.05) is 9.80 Å². The molecule has 0 spiro atoms. The van der Waals surface area contributed by atoms with Crippen LogP contribution in [0.5, 0.6) is 0 Å². The maximum Gasteiger partial charge on any atom is 0.0629 e. The summed E-state index contributed by atoms with van der Waals surface area (Å²) >= 11 is 0. The van der Waals surface area contributed by atoms with Crippen LogP contribution in [0, 0.1) is 6.92 Å². The van der Waals surface area contributed by atoms with Gasteiger partial charge >= 0.3 is 0 Å². The molecule has 2 aromatic heterocycles. The van der Waals surface area contributed by atoms with Gasteiger partial charge in [0.2, 0.25) is 0 Å². The largest absolute Gasteiger partial charge is 0.333 e. The van der Waals surface area contributed by atoms with Crippen molar-refractivity contribution >= 4 is 67.2 Å². The van der Waals surface area contributed by atoms with Crippen molar-refractivity contribution in [3.05, 3.63) is 217 Å². The van der Waals surface area contributed by atoms with Gasteiger partial charge in [0.05, 0.1) is 22.6 Å². The van der Waals surface area contributed by atoms with Crippen molar-refractivity contribution in [3.63, 3.8) is 0 Å². The molecule has 3 heterocycles. The second kappa shape index (κ2) is 13.7. The highest BCUT2D eigenvalue weighted by Gasteiger charge is 2.37. The van der Waals surface area contributed by atoms with Gasteiger partial charge in [0.25, 0.3) is 0 Å². The second-order valence-corrected chi connectivity index (χ2v) is 15.3. The average Bonchev–Trinajstić information content (AvgIpc) is 3.90. The van der Waals surface area contributed by atoms with Gasteiger partial charge < -0.3 is 18.9 Å². The summed E-state index contributed by atoms with van der Waals surface area (Å²) in [6.07, 6.45) is 13.4. The fraction of sp³-hybridized carbons (Fsp3) is 0.0741. The van der Waals surface area contributed by atoms with Gasteiger partial charge in [-0.25, -0.2) is 0 Å². The maximum absolute atomic E-state index is 2.50. The van der Waals surface area contributed by atoms with E-state index in [4.69, 9.17) is 0 Å². The summed E-state index contributed by atoms with van der Waals surface area (Å²) in [6, 6.07) is 62.4. The summed E-state index contributed by atoms with van der Waals surface area (Å²) in [7, 11) is 0. The highest BCUT2D eigenvalue weighted by atomic mass is 15.2. The van der Waals surface area contributed by atoms with Crippen molar-refractivity contribution < 1.29 is 0 Å². The molecule has 0 saturated heterocycles. The van der Waals surface area contributed by atoms with Gasteiger partial charge in [-0.15, -0.1) is 0 Å². The molecule has 2 atom stereocenters. The topological polar surface area (TPSA) is 16.3 Å². The van der Waals surface area contributed by atoms with E-state index in [0.717, 1.165) is 28.4 Å². The summed E-state index contributed by atoms with van der Waals surface area (Å²) in [5, 5.41) is 3.79. The molecule has 0 amide bonds. The van der Waals surface area contributed by atoms with Crippen molar-refractivity contribution in [2.45, 2.75) is 25.8 Å². The summed E-state index contributed by atoms with van der Waals surface area (Å²) in [4.78, 5) is 4.87. The molecule has 0 saturated carbocycles. The van der Waals surface area contributed by atoms with Crippen LogP contribution in [0.4, 0.5) is 28.4 Å². The van der Waals surface area contributed by atoms with E-state index >= 15 is 0 Å². The molecule has 2 aliphatic rings. The average molecular weight is 747 g/mol. The smallest absolute Gasteiger partial charge is 0.0629 e. The van der Waals surface area contributed by atoms with Gasteiger partial charge in [0.1, 0.15) is 0 Å². The van der Waals surface area contributed by atoms with Gasteiger partial charge in [0.15, 0.2) is 0 Å². The molecule has 4 heteroatoms. The lowest BCUT2D eigenvalue weighted by molar-refractivity contribution is 0.745. The number of anilines is 5. The van der Waals surface area contributed by atoms with E-state index in [1.807, 2.05) is 0 Å². The van der Waals surface area contributed by atoms with E-state index in [0.29, 0.717) is 5.92 Å². The van der Waals surface area contributed by atoms with Crippen molar-refractivity contribution in [2.24, 2.45) is 0 Å². The summed E-state index contributed by atoms with van der Waals surface area (Å²) in [5.74, 6) is 0.346. The highest BCUT2D eigenvalue weighted by Crippen LogP contribution is 2.48. The Balaban J connectivity index is 1.02. The molecule has 4 nitrogen and oxygen atoms in total. The van der Waals surface area contributed by atoms with Crippen LogP contribution < -0.4 is 9.80 Å². The number of hydrogen-bond donors (Lipinski definition) is 0. The Morgan fingerprint density at radius 1 is 0.483 bits per heavy atom. The third kappa shape index (κ3) is 5.29. The molecule has 1 aliphatic carbocycles. The third-order valence-electron chi connectivity index (χ3n) is 12.2. The molecule has 58 heavy (non-hydrogen) atoms. The molecule has 9 aromatic rings. The Bertz CT molecular complexity index is 3030. The molecular formula is C54H42N4. The Morgan fingerprint density at radius 3 is 1.57 bits per heavy atom. The van der Waals surface area contributed by atoms with E-state index < -0.39 is 0 Å². The van der Waals surface area contributed by atoms with E-state index in [1.165, 1.54) is 60.9 Å². The molecule has 0 bridgehead atoms. The number of hydrogen-bond acceptors (Lipinski definition) is 2. The first-order chi connectivity index (χ1) is 28.7. The van der Waals surface area contributed by atoms with E-state index in [1.54, 1.807) is 0 Å². The second-order valence-electron chi connectivity index (χ2n) is 15.3.